The number of hydrogen-bond donors (Lipinski definition) is 2. The first-order valence-electron chi connectivity index (χ1n) is 8.11. The molecule has 1 fully saturated rings. The molecule has 1 amide bonds. The molecular weight excluding hydrogens is 304 g/mol. The summed E-state index contributed by atoms with van der Waals surface area (Å²) in [7, 11) is 1.67. The molecule has 0 bridgehead atoms. The summed E-state index contributed by atoms with van der Waals surface area (Å²) < 4.78 is 5.33. The van der Waals surface area contributed by atoms with Gasteiger partial charge in [0.25, 0.3) is 5.91 Å². The quantitative estimate of drug-likeness (QED) is 0.880. The van der Waals surface area contributed by atoms with E-state index in [9.17, 15) is 4.79 Å². The summed E-state index contributed by atoms with van der Waals surface area (Å²) in [4.78, 5) is 21.0. The van der Waals surface area contributed by atoms with Gasteiger partial charge < -0.3 is 15.8 Å². The second-order valence-electron chi connectivity index (χ2n) is 6.28. The minimum Gasteiger partial charge on any atom is -0.382 e. The topological polar surface area (TPSA) is 90.1 Å². The van der Waals surface area contributed by atoms with E-state index in [1.165, 1.54) is 6.20 Å². The van der Waals surface area contributed by atoms with Crippen molar-refractivity contribution >= 4 is 11.7 Å². The highest BCUT2D eigenvalue weighted by Gasteiger charge is 2.35. The zero-order chi connectivity index (χ0) is 17.0. The van der Waals surface area contributed by atoms with E-state index >= 15 is 0 Å². The Balaban J connectivity index is 1.80. The molecule has 0 aliphatic heterocycles. The van der Waals surface area contributed by atoms with Crippen molar-refractivity contribution in [2.75, 3.05) is 19.5 Å². The van der Waals surface area contributed by atoms with Crippen LogP contribution in [0.4, 0.5) is 5.82 Å². The molecule has 1 aliphatic carbocycles. The van der Waals surface area contributed by atoms with Gasteiger partial charge in [-0.2, -0.15) is 0 Å². The van der Waals surface area contributed by atoms with Gasteiger partial charge in [0.2, 0.25) is 0 Å². The minimum absolute atomic E-state index is 0.0841. The van der Waals surface area contributed by atoms with Crippen molar-refractivity contribution in [1.29, 1.82) is 0 Å². The van der Waals surface area contributed by atoms with Crippen LogP contribution in [0.5, 0.6) is 0 Å². The largest absolute Gasteiger partial charge is 0.382 e. The lowest BCUT2D eigenvalue weighted by molar-refractivity contribution is 0.0767. The number of methoxy groups -OCH3 is 1. The third kappa shape index (κ3) is 3.54. The molecule has 1 heterocycles. The van der Waals surface area contributed by atoms with Crippen LogP contribution in [0.2, 0.25) is 0 Å². The van der Waals surface area contributed by atoms with Crippen molar-refractivity contribution in [1.82, 2.24) is 15.3 Å². The number of benzene rings is 1. The number of amides is 1. The lowest BCUT2D eigenvalue weighted by Crippen LogP contribution is -2.49. The molecule has 126 valence electrons. The number of carbonyl (C=O) groups is 1. The number of nitrogens with one attached hydrogen (secondary N) is 1. The standard InChI is InChI=1S/C18H22N4O2/c1-24-12-18(7-2-3-8-18)22-17(23)14-6-4-5-13(9-14)15-10-21-16(19)11-20-15/h4-6,9-11H,2-3,7-8,12H2,1H3,(H2,19,21)(H,22,23). The Kier molecular flexibility index (Phi) is 4.76. The normalized spacial score (nSPS) is 16.0. The van der Waals surface area contributed by atoms with E-state index in [-0.39, 0.29) is 11.4 Å². The number of nitrogens with zero attached hydrogens (tertiary/aromatic N) is 2. The van der Waals surface area contributed by atoms with Gasteiger partial charge in [-0.25, -0.2) is 4.98 Å². The van der Waals surface area contributed by atoms with Crippen molar-refractivity contribution in [2.45, 2.75) is 31.2 Å². The Morgan fingerprint density at radius 1 is 1.29 bits per heavy atom. The fourth-order valence-electron chi connectivity index (χ4n) is 3.25. The van der Waals surface area contributed by atoms with Crippen molar-refractivity contribution in [3.63, 3.8) is 0 Å². The van der Waals surface area contributed by atoms with E-state index in [0.717, 1.165) is 31.2 Å². The van der Waals surface area contributed by atoms with Gasteiger partial charge >= 0.3 is 0 Å². The second kappa shape index (κ2) is 6.97. The van der Waals surface area contributed by atoms with E-state index in [2.05, 4.69) is 15.3 Å². The third-order valence-corrected chi connectivity index (χ3v) is 4.45. The van der Waals surface area contributed by atoms with Crippen LogP contribution in [0.1, 0.15) is 36.0 Å². The SMILES string of the molecule is COCC1(NC(=O)c2cccc(-c3cnc(N)cn3)c2)CCCC1. The minimum atomic E-state index is -0.247. The molecule has 6 nitrogen and oxygen atoms in total. The second-order valence-corrected chi connectivity index (χ2v) is 6.28. The number of nitrogens with two attached hydrogens (primary N) is 1. The molecule has 1 aromatic heterocycles. The van der Waals surface area contributed by atoms with E-state index in [0.29, 0.717) is 23.7 Å². The summed E-state index contributed by atoms with van der Waals surface area (Å²) in [5, 5.41) is 3.18. The Hall–Kier alpha value is -2.47. The summed E-state index contributed by atoms with van der Waals surface area (Å²) in [5.74, 6) is 0.287. The lowest BCUT2D eigenvalue weighted by atomic mass is 9.97. The molecule has 24 heavy (non-hydrogen) atoms. The maximum atomic E-state index is 12.7. The smallest absolute Gasteiger partial charge is 0.251 e. The molecule has 0 saturated heterocycles. The monoisotopic (exact) mass is 326 g/mol. The Bertz CT molecular complexity index is 709. The summed E-state index contributed by atoms with van der Waals surface area (Å²) >= 11 is 0. The molecule has 0 radical (unpaired) electrons. The number of nitrogen functional groups attached to an aromatic ring is 1. The maximum Gasteiger partial charge on any atom is 0.251 e. The Morgan fingerprint density at radius 2 is 2.08 bits per heavy atom. The summed E-state index contributed by atoms with van der Waals surface area (Å²) in [5.41, 5.74) is 7.45. The molecule has 6 heteroatoms. The van der Waals surface area contributed by atoms with E-state index in [1.807, 2.05) is 18.2 Å². The number of aromatic nitrogens is 2. The van der Waals surface area contributed by atoms with Crippen LogP contribution < -0.4 is 11.1 Å². The first-order chi connectivity index (χ1) is 11.6. The van der Waals surface area contributed by atoms with Gasteiger partial charge in [0.15, 0.2) is 0 Å². The van der Waals surface area contributed by atoms with Crippen LogP contribution in [-0.4, -0.2) is 35.1 Å². The fraction of sp³-hybridized carbons (Fsp3) is 0.389. The van der Waals surface area contributed by atoms with Gasteiger partial charge in [-0.1, -0.05) is 25.0 Å². The molecule has 1 aliphatic rings. The number of ether oxygens (including phenoxy) is 1. The van der Waals surface area contributed by atoms with Crippen LogP contribution in [0.3, 0.4) is 0 Å². The predicted molar refractivity (Wildman–Crippen MR) is 92.4 cm³/mol. The Labute approximate surface area is 141 Å². The van der Waals surface area contributed by atoms with Gasteiger partial charge in [-0.3, -0.25) is 9.78 Å². The van der Waals surface area contributed by atoms with Crippen LogP contribution in [-0.2, 0) is 4.74 Å². The summed E-state index contributed by atoms with van der Waals surface area (Å²) in [6.07, 6.45) is 7.25. The average Bonchev–Trinajstić information content (AvgIpc) is 3.04. The molecule has 0 atom stereocenters. The van der Waals surface area contributed by atoms with Gasteiger partial charge in [-0.05, 0) is 25.0 Å². The highest BCUT2D eigenvalue weighted by atomic mass is 16.5. The number of hydrogen-bond acceptors (Lipinski definition) is 5. The van der Waals surface area contributed by atoms with Crippen LogP contribution in [0.15, 0.2) is 36.7 Å². The lowest BCUT2D eigenvalue weighted by Gasteiger charge is -2.29. The van der Waals surface area contributed by atoms with E-state index in [1.54, 1.807) is 19.4 Å². The maximum absolute atomic E-state index is 12.7. The highest BCUT2D eigenvalue weighted by Crippen LogP contribution is 2.30. The molecular formula is C18H22N4O2. The number of anilines is 1. The Morgan fingerprint density at radius 3 is 2.75 bits per heavy atom. The number of rotatable bonds is 5. The molecule has 1 aromatic carbocycles. The average molecular weight is 326 g/mol. The van der Waals surface area contributed by atoms with Crippen LogP contribution >= 0.6 is 0 Å². The highest BCUT2D eigenvalue weighted by molar-refractivity contribution is 5.95. The molecule has 3 N–H and O–H groups in total. The first kappa shape index (κ1) is 16.4. The van der Waals surface area contributed by atoms with E-state index in [4.69, 9.17) is 10.5 Å². The van der Waals surface area contributed by atoms with Crippen molar-refractivity contribution in [3.8, 4) is 11.3 Å². The molecule has 2 aromatic rings. The summed E-state index contributed by atoms with van der Waals surface area (Å²) in [6, 6.07) is 7.38. The van der Waals surface area contributed by atoms with Crippen LogP contribution in [0, 0.1) is 0 Å². The zero-order valence-corrected chi connectivity index (χ0v) is 13.8. The third-order valence-electron chi connectivity index (χ3n) is 4.45. The number of carbonyl (C=O) groups excluding carboxylic acids is 1. The summed E-state index contributed by atoms with van der Waals surface area (Å²) in [6.45, 7) is 0.544. The molecule has 3 rings (SSSR count). The van der Waals surface area contributed by atoms with Crippen molar-refractivity contribution in [2.24, 2.45) is 0 Å². The van der Waals surface area contributed by atoms with Crippen molar-refractivity contribution < 1.29 is 9.53 Å². The van der Waals surface area contributed by atoms with Gasteiger partial charge in [0.1, 0.15) is 5.82 Å². The fourth-order valence-corrected chi connectivity index (χ4v) is 3.25. The van der Waals surface area contributed by atoms with Crippen LogP contribution in [0.25, 0.3) is 11.3 Å². The molecule has 0 spiro atoms. The zero-order valence-electron chi connectivity index (χ0n) is 13.8. The van der Waals surface area contributed by atoms with E-state index < -0.39 is 0 Å². The van der Waals surface area contributed by atoms with Gasteiger partial charge in [-0.15, -0.1) is 0 Å². The predicted octanol–water partition coefficient (Wildman–Crippen LogP) is 2.41. The molecule has 1 saturated carbocycles. The van der Waals surface area contributed by atoms with Crippen molar-refractivity contribution in [3.05, 3.63) is 42.2 Å². The first-order valence-corrected chi connectivity index (χ1v) is 8.11. The van der Waals surface area contributed by atoms with Gasteiger partial charge in [0, 0.05) is 18.2 Å². The van der Waals surface area contributed by atoms with Gasteiger partial charge in [0.05, 0.1) is 30.2 Å². The molecule has 0 unspecified atom stereocenters.